The molecule has 1 aliphatic heterocycles. The lowest BCUT2D eigenvalue weighted by Crippen LogP contribution is -2.18. The molecule has 0 spiro atoms. The fourth-order valence-electron chi connectivity index (χ4n) is 3.65. The van der Waals surface area contributed by atoms with E-state index in [0.717, 1.165) is 22.0 Å². The smallest absolute Gasteiger partial charge is 0.254 e. The van der Waals surface area contributed by atoms with Crippen LogP contribution in [0.5, 0.6) is 5.75 Å². The van der Waals surface area contributed by atoms with E-state index in [1.165, 1.54) is 5.56 Å². The summed E-state index contributed by atoms with van der Waals surface area (Å²) in [4.78, 5) is 12.0. The standard InChI is InChI=1S/C19H18N2O2/c1-10-16-11(9-14(18(10)22)19(23)20-2)7-8-13-12-5-3-4-6-15(12)21-17(13)16/h3-9,12,15,21-22H,1-2H3,(H,20,23). The maximum Gasteiger partial charge on any atom is 0.254 e. The zero-order valence-corrected chi connectivity index (χ0v) is 13.1. The molecular formula is C19H18N2O2. The van der Waals surface area contributed by atoms with Gasteiger partial charge in [-0.05, 0) is 23.9 Å². The minimum absolute atomic E-state index is 0.0491. The van der Waals surface area contributed by atoms with Gasteiger partial charge in [-0.15, -0.1) is 0 Å². The molecule has 0 saturated carbocycles. The van der Waals surface area contributed by atoms with Crippen LogP contribution in [-0.4, -0.2) is 24.1 Å². The molecule has 4 nitrogen and oxygen atoms in total. The predicted molar refractivity (Wildman–Crippen MR) is 92.2 cm³/mol. The average molecular weight is 306 g/mol. The summed E-state index contributed by atoms with van der Waals surface area (Å²) in [6, 6.07) is 6.15. The number of anilines is 1. The first-order valence-electron chi connectivity index (χ1n) is 7.74. The molecule has 3 N–H and O–H groups in total. The van der Waals surface area contributed by atoms with Crippen LogP contribution in [0.3, 0.4) is 0 Å². The molecule has 0 radical (unpaired) electrons. The second kappa shape index (κ2) is 4.88. The predicted octanol–water partition coefficient (Wildman–Crippen LogP) is 3.22. The number of aromatic hydroxyl groups is 1. The van der Waals surface area contributed by atoms with E-state index in [0.29, 0.717) is 11.5 Å². The summed E-state index contributed by atoms with van der Waals surface area (Å²) in [6.07, 6.45) is 8.48. The number of allylic oxidation sites excluding steroid dienone is 2. The highest BCUT2D eigenvalue weighted by atomic mass is 16.3. The third-order valence-corrected chi connectivity index (χ3v) is 4.83. The van der Waals surface area contributed by atoms with Gasteiger partial charge in [-0.1, -0.05) is 36.4 Å². The van der Waals surface area contributed by atoms with Crippen LogP contribution in [0.25, 0.3) is 10.8 Å². The molecule has 2 aromatic carbocycles. The first kappa shape index (κ1) is 13.9. The average Bonchev–Trinajstić information content (AvgIpc) is 2.95. The summed E-state index contributed by atoms with van der Waals surface area (Å²) in [5.74, 6) is 0.0908. The quantitative estimate of drug-likeness (QED) is 0.758. The normalized spacial score (nSPS) is 21.0. The summed E-state index contributed by atoms with van der Waals surface area (Å²) < 4.78 is 0. The SMILES string of the molecule is CNC(=O)c1cc2ccc3c(c2c(C)c1O)NC1C=CC=CC31. The number of phenolic OH excluding ortho intramolecular Hbond substituents is 1. The van der Waals surface area contributed by atoms with Crippen LogP contribution in [0.2, 0.25) is 0 Å². The van der Waals surface area contributed by atoms with Crippen LogP contribution in [0.15, 0.2) is 42.5 Å². The minimum atomic E-state index is -0.277. The monoisotopic (exact) mass is 306 g/mol. The fraction of sp³-hybridized carbons (Fsp3) is 0.211. The van der Waals surface area contributed by atoms with Crippen molar-refractivity contribution in [3.05, 3.63) is 59.2 Å². The van der Waals surface area contributed by atoms with E-state index in [9.17, 15) is 9.90 Å². The lowest BCUT2D eigenvalue weighted by atomic mass is 9.89. The van der Waals surface area contributed by atoms with Crippen molar-refractivity contribution in [2.45, 2.75) is 18.9 Å². The number of phenols is 1. The van der Waals surface area contributed by atoms with Gasteiger partial charge in [-0.25, -0.2) is 0 Å². The first-order valence-corrected chi connectivity index (χ1v) is 7.74. The van der Waals surface area contributed by atoms with Gasteiger partial charge in [0.15, 0.2) is 0 Å². The summed E-state index contributed by atoms with van der Waals surface area (Å²) in [5, 5.41) is 18.5. The molecule has 116 valence electrons. The van der Waals surface area contributed by atoms with Crippen molar-refractivity contribution in [1.82, 2.24) is 5.32 Å². The van der Waals surface area contributed by atoms with Gasteiger partial charge in [-0.2, -0.15) is 0 Å². The Hall–Kier alpha value is -2.75. The van der Waals surface area contributed by atoms with Crippen LogP contribution in [0.4, 0.5) is 5.69 Å². The number of benzene rings is 2. The molecule has 0 aromatic heterocycles. The Morgan fingerprint density at radius 1 is 1.26 bits per heavy atom. The third kappa shape index (κ3) is 1.88. The molecular weight excluding hydrogens is 288 g/mol. The fourth-order valence-corrected chi connectivity index (χ4v) is 3.65. The van der Waals surface area contributed by atoms with Crippen LogP contribution in [0.1, 0.15) is 27.4 Å². The molecule has 0 bridgehead atoms. The molecule has 0 saturated heterocycles. The Labute approximate surface area is 134 Å². The molecule has 23 heavy (non-hydrogen) atoms. The Morgan fingerprint density at radius 2 is 2.04 bits per heavy atom. The molecule has 1 amide bonds. The molecule has 1 heterocycles. The van der Waals surface area contributed by atoms with Crippen LogP contribution in [0, 0.1) is 6.92 Å². The molecule has 1 aliphatic carbocycles. The Kier molecular flexibility index (Phi) is 2.94. The van der Waals surface area contributed by atoms with E-state index in [-0.39, 0.29) is 17.7 Å². The largest absolute Gasteiger partial charge is 0.507 e. The van der Waals surface area contributed by atoms with E-state index in [1.54, 1.807) is 13.1 Å². The van der Waals surface area contributed by atoms with Crippen molar-refractivity contribution in [3.63, 3.8) is 0 Å². The van der Waals surface area contributed by atoms with E-state index in [2.05, 4.69) is 41.0 Å². The van der Waals surface area contributed by atoms with E-state index in [1.807, 2.05) is 13.0 Å². The number of nitrogens with one attached hydrogen (secondary N) is 2. The minimum Gasteiger partial charge on any atom is -0.507 e. The van der Waals surface area contributed by atoms with Crippen molar-refractivity contribution in [2.75, 3.05) is 12.4 Å². The number of aryl methyl sites for hydroxylation is 1. The first-order chi connectivity index (χ1) is 11.1. The zero-order chi connectivity index (χ0) is 16.1. The van der Waals surface area contributed by atoms with Crippen molar-refractivity contribution in [1.29, 1.82) is 0 Å². The molecule has 2 aliphatic rings. The lowest BCUT2D eigenvalue weighted by molar-refractivity contribution is 0.0960. The van der Waals surface area contributed by atoms with Crippen molar-refractivity contribution >= 4 is 22.4 Å². The van der Waals surface area contributed by atoms with Crippen molar-refractivity contribution < 1.29 is 9.90 Å². The molecule has 4 rings (SSSR count). The lowest BCUT2D eigenvalue weighted by Gasteiger charge is -2.15. The molecule has 4 heteroatoms. The van der Waals surface area contributed by atoms with Gasteiger partial charge in [0.2, 0.25) is 0 Å². The highest BCUT2D eigenvalue weighted by molar-refractivity contribution is 6.07. The van der Waals surface area contributed by atoms with Gasteiger partial charge in [0.25, 0.3) is 5.91 Å². The molecule has 2 aromatic rings. The van der Waals surface area contributed by atoms with Gasteiger partial charge in [0, 0.05) is 29.6 Å². The Morgan fingerprint density at radius 3 is 2.83 bits per heavy atom. The second-order valence-corrected chi connectivity index (χ2v) is 6.07. The van der Waals surface area contributed by atoms with Crippen molar-refractivity contribution in [2.24, 2.45) is 0 Å². The number of fused-ring (bicyclic) bond motifs is 5. The van der Waals surface area contributed by atoms with Gasteiger partial charge in [0.1, 0.15) is 5.75 Å². The number of hydrogen-bond donors (Lipinski definition) is 3. The topological polar surface area (TPSA) is 61.4 Å². The maximum absolute atomic E-state index is 12.0. The Balaban J connectivity index is 1.98. The summed E-state index contributed by atoms with van der Waals surface area (Å²) in [5.41, 5.74) is 3.34. The highest BCUT2D eigenvalue weighted by Crippen LogP contribution is 2.45. The van der Waals surface area contributed by atoms with Crippen LogP contribution < -0.4 is 10.6 Å². The number of carbonyl (C=O) groups excluding carboxylic acids is 1. The number of amides is 1. The Bertz CT molecular complexity index is 896. The third-order valence-electron chi connectivity index (χ3n) is 4.83. The number of rotatable bonds is 1. The van der Waals surface area contributed by atoms with Gasteiger partial charge in [0.05, 0.1) is 11.6 Å². The van der Waals surface area contributed by atoms with Gasteiger partial charge in [-0.3, -0.25) is 4.79 Å². The van der Waals surface area contributed by atoms with Gasteiger partial charge < -0.3 is 15.7 Å². The molecule has 2 unspecified atom stereocenters. The van der Waals surface area contributed by atoms with E-state index in [4.69, 9.17) is 0 Å². The second-order valence-electron chi connectivity index (χ2n) is 6.07. The van der Waals surface area contributed by atoms with E-state index >= 15 is 0 Å². The maximum atomic E-state index is 12.0. The number of hydrogen-bond acceptors (Lipinski definition) is 3. The van der Waals surface area contributed by atoms with Gasteiger partial charge >= 0.3 is 0 Å². The summed E-state index contributed by atoms with van der Waals surface area (Å²) in [7, 11) is 1.56. The van der Waals surface area contributed by atoms with Crippen molar-refractivity contribution in [3.8, 4) is 5.75 Å². The summed E-state index contributed by atoms with van der Waals surface area (Å²) >= 11 is 0. The highest BCUT2D eigenvalue weighted by Gasteiger charge is 2.31. The molecule has 2 atom stereocenters. The van der Waals surface area contributed by atoms with E-state index < -0.39 is 0 Å². The van der Waals surface area contributed by atoms with Crippen LogP contribution >= 0.6 is 0 Å². The zero-order valence-electron chi connectivity index (χ0n) is 13.1. The molecule has 0 fully saturated rings. The van der Waals surface area contributed by atoms with Crippen LogP contribution in [-0.2, 0) is 0 Å². The number of carbonyl (C=O) groups is 1. The summed E-state index contributed by atoms with van der Waals surface area (Å²) in [6.45, 7) is 1.86.